The second-order valence-electron chi connectivity index (χ2n) is 3.65. The van der Waals surface area contributed by atoms with Crippen LogP contribution in [0.2, 0.25) is 10.0 Å². The van der Waals surface area contributed by atoms with Crippen LogP contribution in [0, 0.1) is 5.82 Å². The molecule has 1 aromatic carbocycles. The highest BCUT2D eigenvalue weighted by Gasteiger charge is 2.13. The van der Waals surface area contributed by atoms with E-state index in [0.717, 1.165) is 11.6 Å². The van der Waals surface area contributed by atoms with Gasteiger partial charge in [-0.05, 0) is 23.8 Å². The number of H-pyrrole nitrogens is 1. The number of carbonyl (C=O) groups is 1. The van der Waals surface area contributed by atoms with Crippen LogP contribution in [0.25, 0.3) is 0 Å². The highest BCUT2D eigenvalue weighted by atomic mass is 35.5. The molecule has 3 nitrogen and oxygen atoms in total. The normalized spacial score (nSPS) is 10.4. The Morgan fingerprint density at radius 1 is 1.33 bits per heavy atom. The van der Waals surface area contributed by atoms with E-state index in [9.17, 15) is 9.18 Å². The van der Waals surface area contributed by atoms with Gasteiger partial charge in [0.15, 0.2) is 0 Å². The number of rotatable bonds is 3. The van der Waals surface area contributed by atoms with Crippen LogP contribution in [0.4, 0.5) is 4.39 Å². The average Bonchev–Trinajstić information content (AvgIpc) is 2.84. The third-order valence-corrected chi connectivity index (χ3v) is 2.97. The molecular formula is C12H9Cl2FN2O. The lowest BCUT2D eigenvalue weighted by molar-refractivity contribution is 0.0950. The third kappa shape index (κ3) is 2.83. The summed E-state index contributed by atoms with van der Waals surface area (Å²) in [6.07, 6.45) is 3.50. The van der Waals surface area contributed by atoms with Crippen molar-refractivity contribution in [3.8, 4) is 0 Å². The minimum Gasteiger partial charge on any atom is -0.367 e. The maximum absolute atomic E-state index is 13.3. The Kier molecular flexibility index (Phi) is 3.89. The molecule has 1 amide bonds. The van der Waals surface area contributed by atoms with Crippen LogP contribution in [0.3, 0.4) is 0 Å². The molecule has 0 spiro atoms. The van der Waals surface area contributed by atoms with Gasteiger partial charge in [0.1, 0.15) is 5.82 Å². The monoisotopic (exact) mass is 286 g/mol. The van der Waals surface area contributed by atoms with Gasteiger partial charge < -0.3 is 10.3 Å². The second kappa shape index (κ2) is 5.42. The molecule has 0 saturated heterocycles. The summed E-state index contributed by atoms with van der Waals surface area (Å²) in [5.74, 6) is -1.12. The lowest BCUT2D eigenvalue weighted by Gasteiger charge is -2.06. The molecule has 94 valence electrons. The van der Waals surface area contributed by atoms with Crippen LogP contribution in [-0.2, 0) is 6.54 Å². The van der Waals surface area contributed by atoms with Gasteiger partial charge in [-0.15, -0.1) is 0 Å². The van der Waals surface area contributed by atoms with Crippen LogP contribution < -0.4 is 5.32 Å². The highest BCUT2D eigenvalue weighted by Crippen LogP contribution is 2.24. The van der Waals surface area contributed by atoms with Gasteiger partial charge in [0, 0.05) is 18.9 Å². The number of carbonyl (C=O) groups excluding carboxylic acids is 1. The zero-order chi connectivity index (χ0) is 13.1. The molecule has 6 heteroatoms. The fraction of sp³-hybridized carbons (Fsp3) is 0.0833. The van der Waals surface area contributed by atoms with E-state index < -0.39 is 11.7 Å². The Morgan fingerprint density at radius 3 is 2.78 bits per heavy atom. The van der Waals surface area contributed by atoms with Crippen LogP contribution >= 0.6 is 23.2 Å². The fourth-order valence-electron chi connectivity index (χ4n) is 1.44. The van der Waals surface area contributed by atoms with Gasteiger partial charge in [-0.1, -0.05) is 23.2 Å². The first-order valence-corrected chi connectivity index (χ1v) is 5.88. The summed E-state index contributed by atoms with van der Waals surface area (Å²) in [4.78, 5) is 14.7. The van der Waals surface area contributed by atoms with Crippen molar-refractivity contribution in [2.24, 2.45) is 0 Å². The Bertz CT molecular complexity index is 570. The quantitative estimate of drug-likeness (QED) is 0.835. The van der Waals surface area contributed by atoms with E-state index in [1.54, 1.807) is 12.4 Å². The zero-order valence-corrected chi connectivity index (χ0v) is 10.6. The molecule has 0 aliphatic carbocycles. The lowest BCUT2D eigenvalue weighted by atomic mass is 10.2. The first kappa shape index (κ1) is 12.9. The van der Waals surface area contributed by atoms with Crippen molar-refractivity contribution in [3.63, 3.8) is 0 Å². The summed E-state index contributed by atoms with van der Waals surface area (Å²) in [7, 11) is 0. The van der Waals surface area contributed by atoms with Gasteiger partial charge in [0.2, 0.25) is 0 Å². The second-order valence-corrected chi connectivity index (χ2v) is 4.46. The number of halogens is 3. The van der Waals surface area contributed by atoms with E-state index in [-0.39, 0.29) is 15.6 Å². The van der Waals surface area contributed by atoms with Crippen molar-refractivity contribution >= 4 is 29.1 Å². The molecule has 0 aliphatic heterocycles. The van der Waals surface area contributed by atoms with Gasteiger partial charge in [-0.2, -0.15) is 0 Å². The Balaban J connectivity index is 2.11. The van der Waals surface area contributed by atoms with E-state index >= 15 is 0 Å². The van der Waals surface area contributed by atoms with E-state index in [1.807, 2.05) is 6.07 Å². The summed E-state index contributed by atoms with van der Waals surface area (Å²) in [6, 6.07) is 4.06. The van der Waals surface area contributed by atoms with E-state index in [0.29, 0.717) is 6.54 Å². The minimum absolute atomic E-state index is 0.0640. The van der Waals surface area contributed by atoms with Crippen LogP contribution in [-0.4, -0.2) is 10.9 Å². The first-order valence-electron chi connectivity index (χ1n) is 5.12. The Labute approximate surface area is 113 Å². The van der Waals surface area contributed by atoms with Gasteiger partial charge in [0.05, 0.1) is 15.6 Å². The number of aromatic amines is 1. The number of amides is 1. The Hall–Kier alpha value is -1.52. The summed E-state index contributed by atoms with van der Waals surface area (Å²) in [5, 5.41) is 2.65. The maximum Gasteiger partial charge on any atom is 0.253 e. The number of benzene rings is 1. The molecule has 2 N–H and O–H groups in total. The molecule has 0 bridgehead atoms. The van der Waals surface area contributed by atoms with Crippen molar-refractivity contribution in [1.29, 1.82) is 0 Å². The predicted molar refractivity (Wildman–Crippen MR) is 68.4 cm³/mol. The fourth-order valence-corrected chi connectivity index (χ4v) is 1.91. The van der Waals surface area contributed by atoms with Crippen molar-refractivity contribution in [1.82, 2.24) is 10.3 Å². The van der Waals surface area contributed by atoms with Gasteiger partial charge in [-0.25, -0.2) is 4.39 Å². The van der Waals surface area contributed by atoms with Gasteiger partial charge in [0.25, 0.3) is 5.91 Å². The molecule has 1 aromatic heterocycles. The van der Waals surface area contributed by atoms with Gasteiger partial charge in [-0.3, -0.25) is 4.79 Å². The lowest BCUT2D eigenvalue weighted by Crippen LogP contribution is -2.23. The molecule has 0 aliphatic rings. The van der Waals surface area contributed by atoms with Gasteiger partial charge >= 0.3 is 0 Å². The summed E-state index contributed by atoms with van der Waals surface area (Å²) < 4.78 is 13.3. The number of aromatic nitrogens is 1. The molecule has 0 fully saturated rings. The molecule has 18 heavy (non-hydrogen) atoms. The molecule has 0 radical (unpaired) electrons. The van der Waals surface area contributed by atoms with Crippen molar-refractivity contribution < 1.29 is 9.18 Å². The molecule has 0 atom stereocenters. The molecule has 2 aromatic rings. The number of hydrogen-bond donors (Lipinski definition) is 2. The van der Waals surface area contributed by atoms with Crippen LogP contribution in [0.15, 0.2) is 30.6 Å². The molecular weight excluding hydrogens is 278 g/mol. The third-order valence-electron chi connectivity index (χ3n) is 2.37. The first-order chi connectivity index (χ1) is 8.58. The van der Waals surface area contributed by atoms with Crippen molar-refractivity contribution in [2.75, 3.05) is 0 Å². The average molecular weight is 287 g/mol. The SMILES string of the molecule is O=C(NCc1cc[nH]c1)c1cc(F)c(Cl)cc1Cl. The summed E-state index contributed by atoms with van der Waals surface area (Å²) >= 11 is 11.4. The molecule has 2 rings (SSSR count). The molecule has 0 saturated carbocycles. The van der Waals surface area contributed by atoms with Crippen LogP contribution in [0.1, 0.15) is 15.9 Å². The van der Waals surface area contributed by atoms with E-state index in [1.165, 1.54) is 6.07 Å². The number of hydrogen-bond acceptors (Lipinski definition) is 1. The highest BCUT2D eigenvalue weighted by molar-refractivity contribution is 6.36. The summed E-state index contributed by atoms with van der Waals surface area (Å²) in [6.45, 7) is 0.336. The summed E-state index contributed by atoms with van der Waals surface area (Å²) in [5.41, 5.74) is 0.975. The maximum atomic E-state index is 13.3. The standard InChI is InChI=1S/C12H9Cl2FN2O/c13-9-4-10(14)11(15)3-8(9)12(18)17-6-7-1-2-16-5-7/h1-5,16H,6H2,(H,17,18). The van der Waals surface area contributed by atoms with Crippen molar-refractivity contribution in [3.05, 3.63) is 57.6 Å². The topological polar surface area (TPSA) is 44.9 Å². The molecule has 1 heterocycles. The van der Waals surface area contributed by atoms with Crippen LogP contribution in [0.5, 0.6) is 0 Å². The minimum atomic E-state index is -0.673. The van der Waals surface area contributed by atoms with Crippen molar-refractivity contribution in [2.45, 2.75) is 6.54 Å². The predicted octanol–water partition coefficient (Wildman–Crippen LogP) is 3.39. The number of nitrogens with one attached hydrogen (secondary N) is 2. The van der Waals surface area contributed by atoms with E-state index in [4.69, 9.17) is 23.2 Å². The van der Waals surface area contributed by atoms with E-state index in [2.05, 4.69) is 10.3 Å². The molecule has 0 unspecified atom stereocenters. The smallest absolute Gasteiger partial charge is 0.253 e. The Morgan fingerprint density at radius 2 is 2.11 bits per heavy atom. The zero-order valence-electron chi connectivity index (χ0n) is 9.14. The largest absolute Gasteiger partial charge is 0.367 e.